The highest BCUT2D eigenvalue weighted by molar-refractivity contribution is 7.85. The molecule has 0 aliphatic carbocycles. The van der Waals surface area contributed by atoms with Gasteiger partial charge in [-0.25, -0.2) is 0 Å². The summed E-state index contributed by atoms with van der Waals surface area (Å²) in [6.45, 7) is 3.93. The molecule has 0 atom stereocenters. The maximum atomic E-state index is 11.4. The van der Waals surface area contributed by atoms with E-state index in [1.54, 1.807) is 0 Å². The van der Waals surface area contributed by atoms with E-state index < -0.39 is 10.8 Å². The number of hydrogen-bond donors (Lipinski definition) is 1. The van der Waals surface area contributed by atoms with Crippen molar-refractivity contribution >= 4 is 16.6 Å². The van der Waals surface area contributed by atoms with Crippen LogP contribution in [0.1, 0.15) is 35.7 Å². The third kappa shape index (κ3) is 1.98. The first-order chi connectivity index (χ1) is 8.06. The van der Waals surface area contributed by atoms with Crippen LogP contribution in [0.3, 0.4) is 0 Å². The molecule has 1 aromatic rings. The van der Waals surface area contributed by atoms with Crippen LogP contribution >= 0.6 is 0 Å². The molecule has 0 aromatic carbocycles. The van der Waals surface area contributed by atoms with Crippen LogP contribution in [-0.2, 0) is 10.8 Å². The summed E-state index contributed by atoms with van der Waals surface area (Å²) in [5.74, 6) is 2.05. The van der Waals surface area contributed by atoms with Crippen molar-refractivity contribution in [1.29, 1.82) is 5.26 Å². The predicted molar refractivity (Wildman–Crippen MR) is 69.2 cm³/mol. The molecule has 5 heteroatoms. The molecule has 0 saturated carbocycles. The highest BCUT2D eigenvalue weighted by Gasteiger charge is 2.25. The monoisotopic (exact) mass is 251 g/mol. The van der Waals surface area contributed by atoms with E-state index in [-0.39, 0.29) is 0 Å². The Labute approximate surface area is 104 Å². The Balaban J connectivity index is 2.40. The first-order valence-electron chi connectivity index (χ1n) is 5.78. The molecule has 2 N–H and O–H groups in total. The van der Waals surface area contributed by atoms with Crippen molar-refractivity contribution in [1.82, 2.24) is 4.57 Å². The van der Waals surface area contributed by atoms with Gasteiger partial charge in [0, 0.05) is 34.0 Å². The highest BCUT2D eigenvalue weighted by Crippen LogP contribution is 2.32. The minimum atomic E-state index is -0.667. The van der Waals surface area contributed by atoms with Gasteiger partial charge in [-0.15, -0.1) is 0 Å². The molecule has 0 amide bonds. The molecule has 2 rings (SSSR count). The number of hydrogen-bond acceptors (Lipinski definition) is 3. The Kier molecular flexibility index (Phi) is 3.25. The number of nitriles is 1. The minimum absolute atomic E-state index is 0.300. The van der Waals surface area contributed by atoms with Crippen molar-refractivity contribution in [2.45, 2.75) is 32.7 Å². The quantitative estimate of drug-likeness (QED) is 0.824. The normalized spacial score (nSPS) is 24.5. The topological polar surface area (TPSA) is 71.8 Å². The Morgan fingerprint density at radius 3 is 2.47 bits per heavy atom. The second-order valence-electron chi connectivity index (χ2n) is 4.53. The zero-order valence-electron chi connectivity index (χ0n) is 10.2. The van der Waals surface area contributed by atoms with Gasteiger partial charge in [-0.3, -0.25) is 4.21 Å². The van der Waals surface area contributed by atoms with Crippen molar-refractivity contribution < 1.29 is 4.21 Å². The van der Waals surface area contributed by atoms with E-state index in [2.05, 4.69) is 10.6 Å². The fourth-order valence-corrected chi connectivity index (χ4v) is 3.78. The first kappa shape index (κ1) is 12.2. The molecule has 0 bridgehead atoms. The third-order valence-electron chi connectivity index (χ3n) is 3.63. The molecule has 1 fully saturated rings. The summed E-state index contributed by atoms with van der Waals surface area (Å²) in [6, 6.07) is 2.47. The molecule has 17 heavy (non-hydrogen) atoms. The van der Waals surface area contributed by atoms with Gasteiger partial charge in [0.1, 0.15) is 11.9 Å². The van der Waals surface area contributed by atoms with Crippen molar-refractivity contribution in [3.63, 3.8) is 0 Å². The number of nitrogen functional groups attached to an aromatic ring is 1. The number of nitrogens with two attached hydrogens (primary N) is 1. The van der Waals surface area contributed by atoms with Crippen molar-refractivity contribution in [3.8, 4) is 6.07 Å². The van der Waals surface area contributed by atoms with E-state index in [0.717, 1.165) is 35.6 Å². The molecule has 92 valence electrons. The van der Waals surface area contributed by atoms with Crippen LogP contribution in [0.25, 0.3) is 0 Å². The lowest BCUT2D eigenvalue weighted by Crippen LogP contribution is -2.23. The second-order valence-corrected chi connectivity index (χ2v) is 6.23. The van der Waals surface area contributed by atoms with Gasteiger partial charge in [-0.1, -0.05) is 0 Å². The van der Waals surface area contributed by atoms with Gasteiger partial charge in [0.2, 0.25) is 0 Å². The summed E-state index contributed by atoms with van der Waals surface area (Å²) >= 11 is 0. The van der Waals surface area contributed by atoms with E-state index in [1.807, 2.05) is 13.8 Å². The zero-order chi connectivity index (χ0) is 12.6. The number of rotatable bonds is 1. The molecule has 1 aliphatic rings. The van der Waals surface area contributed by atoms with Gasteiger partial charge in [0.05, 0.1) is 5.56 Å². The van der Waals surface area contributed by atoms with E-state index >= 15 is 0 Å². The molecule has 2 heterocycles. The van der Waals surface area contributed by atoms with Crippen LogP contribution in [0.2, 0.25) is 0 Å². The summed E-state index contributed by atoms with van der Waals surface area (Å²) < 4.78 is 13.4. The Morgan fingerprint density at radius 2 is 2.00 bits per heavy atom. The van der Waals surface area contributed by atoms with Gasteiger partial charge in [-0.2, -0.15) is 5.26 Å². The van der Waals surface area contributed by atoms with E-state index in [1.165, 1.54) is 0 Å². The first-order valence-corrected chi connectivity index (χ1v) is 7.27. The molecule has 0 radical (unpaired) electrons. The summed E-state index contributed by atoms with van der Waals surface area (Å²) in [6.07, 6.45) is 1.77. The maximum absolute atomic E-state index is 11.4. The van der Waals surface area contributed by atoms with Crippen LogP contribution < -0.4 is 5.73 Å². The van der Waals surface area contributed by atoms with Crippen LogP contribution in [0.15, 0.2) is 0 Å². The van der Waals surface area contributed by atoms with Crippen LogP contribution in [0.4, 0.5) is 5.82 Å². The zero-order valence-corrected chi connectivity index (χ0v) is 11.0. The third-order valence-corrected chi connectivity index (χ3v) is 5.01. The molecule has 0 spiro atoms. The second kappa shape index (κ2) is 4.53. The standard InChI is InChI=1S/C12H17N3OS/c1-8-9(2)15(12(14)11(8)7-13)10-3-5-17(16)6-4-10/h10H,3-6,14H2,1-2H3. The minimum Gasteiger partial charge on any atom is -0.384 e. The summed E-state index contributed by atoms with van der Waals surface area (Å²) in [7, 11) is -0.667. The van der Waals surface area contributed by atoms with Crippen LogP contribution in [0, 0.1) is 25.2 Å². The van der Waals surface area contributed by atoms with E-state index in [9.17, 15) is 4.21 Å². The fourth-order valence-electron chi connectivity index (χ4n) is 2.51. The van der Waals surface area contributed by atoms with Gasteiger partial charge >= 0.3 is 0 Å². The van der Waals surface area contributed by atoms with Gasteiger partial charge in [0.15, 0.2) is 0 Å². The lowest BCUT2D eigenvalue weighted by molar-refractivity contribution is 0.460. The molecular formula is C12H17N3OS. The van der Waals surface area contributed by atoms with E-state index in [4.69, 9.17) is 11.0 Å². The molecule has 4 nitrogen and oxygen atoms in total. The Morgan fingerprint density at radius 1 is 1.41 bits per heavy atom. The average molecular weight is 251 g/mol. The summed E-state index contributed by atoms with van der Waals surface area (Å²) in [5.41, 5.74) is 8.67. The number of aromatic nitrogens is 1. The largest absolute Gasteiger partial charge is 0.384 e. The lowest BCUT2D eigenvalue weighted by atomic mass is 10.1. The van der Waals surface area contributed by atoms with Crippen molar-refractivity contribution in [2.24, 2.45) is 0 Å². The van der Waals surface area contributed by atoms with Crippen LogP contribution in [-0.4, -0.2) is 20.3 Å². The Hall–Kier alpha value is -1.28. The number of nitrogens with zero attached hydrogens (tertiary/aromatic N) is 2. The molecule has 1 aromatic heterocycles. The molecule has 0 unspecified atom stereocenters. The van der Waals surface area contributed by atoms with Gasteiger partial charge in [-0.05, 0) is 32.3 Å². The van der Waals surface area contributed by atoms with Crippen molar-refractivity contribution in [2.75, 3.05) is 17.2 Å². The van der Waals surface area contributed by atoms with Crippen LogP contribution in [0.5, 0.6) is 0 Å². The smallest absolute Gasteiger partial charge is 0.122 e. The SMILES string of the molecule is Cc1c(C#N)c(N)n(C2CCS(=O)CC2)c1C. The number of anilines is 1. The maximum Gasteiger partial charge on any atom is 0.122 e. The molecule has 1 saturated heterocycles. The summed E-state index contributed by atoms with van der Waals surface area (Å²) in [4.78, 5) is 0. The fraction of sp³-hybridized carbons (Fsp3) is 0.583. The van der Waals surface area contributed by atoms with Gasteiger partial charge in [0.25, 0.3) is 0 Å². The highest BCUT2D eigenvalue weighted by atomic mass is 32.2. The molecular weight excluding hydrogens is 234 g/mol. The Bertz CT molecular complexity index is 503. The van der Waals surface area contributed by atoms with E-state index in [0.29, 0.717) is 17.4 Å². The predicted octanol–water partition coefficient (Wildman–Crippen LogP) is 1.64. The van der Waals surface area contributed by atoms with Gasteiger partial charge < -0.3 is 10.3 Å². The average Bonchev–Trinajstić information content (AvgIpc) is 2.52. The van der Waals surface area contributed by atoms with Crippen molar-refractivity contribution in [3.05, 3.63) is 16.8 Å². The molecule has 1 aliphatic heterocycles. The summed E-state index contributed by atoms with van der Waals surface area (Å²) in [5, 5.41) is 9.09. The lowest BCUT2D eigenvalue weighted by Gasteiger charge is -2.25.